The first kappa shape index (κ1) is 7.03. The fourth-order valence-electron chi connectivity index (χ4n) is 1.28. The van der Waals surface area contributed by atoms with E-state index in [-0.39, 0.29) is 0 Å². The molecule has 2 unspecified atom stereocenters. The summed E-state index contributed by atoms with van der Waals surface area (Å²) in [5, 5.41) is 2.30. The molecule has 0 amide bonds. The minimum absolute atomic E-state index is 0.718. The number of hydrazine groups is 1. The summed E-state index contributed by atoms with van der Waals surface area (Å²) in [7, 11) is 0. The molecule has 0 radical (unpaired) electrons. The van der Waals surface area contributed by atoms with E-state index in [9.17, 15) is 0 Å². The highest BCUT2D eigenvalue weighted by atomic mass is 15.5. The molecule has 2 nitrogen and oxygen atoms in total. The molecule has 9 heavy (non-hydrogen) atoms. The fraction of sp³-hybridized carbons (Fsp3) is 1.00. The zero-order valence-corrected chi connectivity index (χ0v) is 6.52. The molecule has 2 atom stereocenters. The third-order valence-corrected chi connectivity index (χ3v) is 2.27. The largest absolute Gasteiger partial charge is 0.255 e. The molecule has 0 aliphatic carbocycles. The van der Waals surface area contributed by atoms with Crippen LogP contribution in [0.25, 0.3) is 0 Å². The number of nitrogens with zero attached hydrogens (tertiary/aromatic N) is 1. The van der Waals surface area contributed by atoms with Crippen molar-refractivity contribution in [3.8, 4) is 0 Å². The number of hydrogen-bond donors (Lipinski definition) is 1. The molecule has 0 saturated carbocycles. The van der Waals surface area contributed by atoms with Crippen molar-refractivity contribution < 1.29 is 0 Å². The summed E-state index contributed by atoms with van der Waals surface area (Å²) < 4.78 is 0. The third-order valence-electron chi connectivity index (χ3n) is 2.27. The zero-order chi connectivity index (χ0) is 6.85. The van der Waals surface area contributed by atoms with Gasteiger partial charge in [-0.25, -0.2) is 5.01 Å². The summed E-state index contributed by atoms with van der Waals surface area (Å²) in [6, 6.07) is 0.718. The molecule has 1 aliphatic heterocycles. The van der Waals surface area contributed by atoms with Gasteiger partial charge in [0.2, 0.25) is 0 Å². The smallest absolute Gasteiger partial charge is 0.0253 e. The lowest BCUT2D eigenvalue weighted by atomic mass is 10.1. The second-order valence-electron chi connectivity index (χ2n) is 2.87. The van der Waals surface area contributed by atoms with E-state index < -0.39 is 0 Å². The molecule has 1 fully saturated rings. The molecule has 1 rings (SSSR count). The van der Waals surface area contributed by atoms with E-state index >= 15 is 0 Å². The average Bonchev–Trinajstić information content (AvgIpc) is 2.15. The van der Waals surface area contributed by atoms with Gasteiger partial charge in [0.05, 0.1) is 0 Å². The van der Waals surface area contributed by atoms with E-state index in [1.54, 1.807) is 0 Å². The summed E-state index contributed by atoms with van der Waals surface area (Å²) in [5.74, 6) is 0.810. The second-order valence-corrected chi connectivity index (χ2v) is 2.87. The van der Waals surface area contributed by atoms with Crippen molar-refractivity contribution in [2.75, 3.05) is 13.1 Å². The highest BCUT2D eigenvalue weighted by molar-refractivity contribution is 4.77. The molecule has 1 heterocycles. The number of nitrogens with one attached hydrogen (secondary N) is 1. The highest BCUT2D eigenvalue weighted by Gasteiger charge is 2.24. The van der Waals surface area contributed by atoms with Gasteiger partial charge >= 0.3 is 0 Å². The maximum Gasteiger partial charge on any atom is 0.0253 e. The van der Waals surface area contributed by atoms with Crippen LogP contribution in [0.15, 0.2) is 0 Å². The standard InChI is InChI=1S/C7H16N2/c1-4-9-7(3)6(2)5-8-9/h6-8H,4-5H2,1-3H3. The monoisotopic (exact) mass is 128 g/mol. The van der Waals surface area contributed by atoms with Gasteiger partial charge < -0.3 is 0 Å². The summed E-state index contributed by atoms with van der Waals surface area (Å²) in [5.41, 5.74) is 3.34. The lowest BCUT2D eigenvalue weighted by Crippen LogP contribution is -2.35. The summed E-state index contributed by atoms with van der Waals surface area (Å²) in [6.07, 6.45) is 0. The van der Waals surface area contributed by atoms with Gasteiger partial charge in [-0.15, -0.1) is 0 Å². The normalized spacial score (nSPS) is 37.7. The van der Waals surface area contributed by atoms with Crippen LogP contribution in [0.1, 0.15) is 20.8 Å². The fourth-order valence-corrected chi connectivity index (χ4v) is 1.28. The van der Waals surface area contributed by atoms with Crippen LogP contribution in [-0.2, 0) is 0 Å². The van der Waals surface area contributed by atoms with E-state index in [2.05, 4.69) is 31.2 Å². The molecule has 2 heteroatoms. The van der Waals surface area contributed by atoms with E-state index in [1.807, 2.05) is 0 Å². The Kier molecular flexibility index (Phi) is 2.09. The predicted molar refractivity (Wildman–Crippen MR) is 39.0 cm³/mol. The van der Waals surface area contributed by atoms with Crippen LogP contribution in [0.5, 0.6) is 0 Å². The first-order chi connectivity index (χ1) is 4.25. The Morgan fingerprint density at radius 2 is 2.22 bits per heavy atom. The molecule has 1 saturated heterocycles. The van der Waals surface area contributed by atoms with Crippen LogP contribution in [-0.4, -0.2) is 24.1 Å². The molecule has 0 bridgehead atoms. The summed E-state index contributed by atoms with van der Waals surface area (Å²) >= 11 is 0. The summed E-state index contributed by atoms with van der Waals surface area (Å²) in [6.45, 7) is 9.00. The minimum Gasteiger partial charge on any atom is -0.255 e. The maximum atomic E-state index is 3.34. The van der Waals surface area contributed by atoms with Crippen molar-refractivity contribution in [1.82, 2.24) is 10.4 Å². The van der Waals surface area contributed by atoms with Crippen LogP contribution in [0, 0.1) is 5.92 Å². The van der Waals surface area contributed by atoms with Crippen molar-refractivity contribution in [2.45, 2.75) is 26.8 Å². The molecular formula is C7H16N2. The van der Waals surface area contributed by atoms with Gasteiger partial charge in [0.15, 0.2) is 0 Å². The Morgan fingerprint density at radius 1 is 1.56 bits per heavy atom. The van der Waals surface area contributed by atoms with Gasteiger partial charge in [-0.1, -0.05) is 13.8 Å². The average molecular weight is 128 g/mol. The topological polar surface area (TPSA) is 15.3 Å². The number of rotatable bonds is 1. The molecular weight excluding hydrogens is 112 g/mol. The Bertz CT molecular complexity index is 92.9. The van der Waals surface area contributed by atoms with E-state index in [0.717, 1.165) is 25.0 Å². The Balaban J connectivity index is 2.41. The third kappa shape index (κ3) is 1.25. The predicted octanol–water partition coefficient (Wildman–Crippen LogP) is 0.851. The molecule has 54 valence electrons. The molecule has 0 aromatic rings. The summed E-state index contributed by atoms with van der Waals surface area (Å²) in [4.78, 5) is 0. The Morgan fingerprint density at radius 3 is 2.44 bits per heavy atom. The maximum absolute atomic E-state index is 3.34. The van der Waals surface area contributed by atoms with Crippen molar-refractivity contribution in [3.63, 3.8) is 0 Å². The first-order valence-corrected chi connectivity index (χ1v) is 3.75. The number of hydrogen-bond acceptors (Lipinski definition) is 2. The van der Waals surface area contributed by atoms with Gasteiger partial charge in [0.25, 0.3) is 0 Å². The van der Waals surface area contributed by atoms with Gasteiger partial charge in [-0.05, 0) is 12.8 Å². The van der Waals surface area contributed by atoms with Gasteiger partial charge in [-0.3, -0.25) is 5.43 Å². The lowest BCUT2D eigenvalue weighted by molar-refractivity contribution is 0.198. The van der Waals surface area contributed by atoms with E-state index in [0.29, 0.717) is 0 Å². The van der Waals surface area contributed by atoms with Gasteiger partial charge in [-0.2, -0.15) is 0 Å². The Hall–Kier alpha value is -0.0800. The van der Waals surface area contributed by atoms with Crippen LogP contribution in [0.2, 0.25) is 0 Å². The van der Waals surface area contributed by atoms with Gasteiger partial charge in [0, 0.05) is 19.1 Å². The van der Waals surface area contributed by atoms with Crippen molar-refractivity contribution in [1.29, 1.82) is 0 Å². The highest BCUT2D eigenvalue weighted by Crippen LogP contribution is 2.13. The zero-order valence-electron chi connectivity index (χ0n) is 6.52. The minimum atomic E-state index is 0.718. The first-order valence-electron chi connectivity index (χ1n) is 3.75. The SMILES string of the molecule is CCN1NCC(C)C1C. The molecule has 0 spiro atoms. The second kappa shape index (κ2) is 2.67. The van der Waals surface area contributed by atoms with E-state index in [4.69, 9.17) is 0 Å². The quantitative estimate of drug-likeness (QED) is 0.563. The molecule has 0 aromatic carbocycles. The van der Waals surface area contributed by atoms with Crippen LogP contribution >= 0.6 is 0 Å². The van der Waals surface area contributed by atoms with Crippen LogP contribution in [0.3, 0.4) is 0 Å². The van der Waals surface area contributed by atoms with Gasteiger partial charge in [0.1, 0.15) is 0 Å². The van der Waals surface area contributed by atoms with Crippen molar-refractivity contribution in [2.24, 2.45) is 5.92 Å². The lowest BCUT2D eigenvalue weighted by Gasteiger charge is -2.19. The Labute approximate surface area is 57.2 Å². The van der Waals surface area contributed by atoms with Crippen LogP contribution < -0.4 is 5.43 Å². The molecule has 0 aromatic heterocycles. The van der Waals surface area contributed by atoms with E-state index in [1.165, 1.54) is 0 Å². The molecule has 1 N–H and O–H groups in total. The van der Waals surface area contributed by atoms with Crippen LogP contribution in [0.4, 0.5) is 0 Å². The molecule has 1 aliphatic rings. The van der Waals surface area contributed by atoms with Crippen molar-refractivity contribution >= 4 is 0 Å². The van der Waals surface area contributed by atoms with Crippen molar-refractivity contribution in [3.05, 3.63) is 0 Å².